The Hall–Kier alpha value is -2.29. The first-order valence-corrected chi connectivity index (χ1v) is 5.93. The maximum atomic E-state index is 11.8. The van der Waals surface area contributed by atoms with Crippen LogP contribution < -0.4 is 4.90 Å². The van der Waals surface area contributed by atoms with E-state index in [0.29, 0.717) is 11.2 Å². The Kier molecular flexibility index (Phi) is 2.56. The van der Waals surface area contributed by atoms with Crippen molar-refractivity contribution in [2.75, 3.05) is 11.4 Å². The summed E-state index contributed by atoms with van der Waals surface area (Å²) in [6, 6.07) is 0. The molecule has 1 atom stereocenters. The van der Waals surface area contributed by atoms with Crippen molar-refractivity contribution in [1.82, 2.24) is 19.9 Å². The Morgan fingerprint density at radius 3 is 3.05 bits per heavy atom. The van der Waals surface area contributed by atoms with E-state index in [1.54, 1.807) is 0 Å². The third kappa shape index (κ3) is 1.87. The number of aromatic amines is 2. The van der Waals surface area contributed by atoms with Gasteiger partial charge in [-0.25, -0.2) is 9.97 Å². The van der Waals surface area contributed by atoms with Crippen LogP contribution in [-0.2, 0) is 9.59 Å². The van der Waals surface area contributed by atoms with Crippen LogP contribution in [0.15, 0.2) is 6.33 Å². The lowest BCUT2D eigenvalue weighted by molar-refractivity contribution is -0.141. The van der Waals surface area contributed by atoms with Crippen molar-refractivity contribution in [3.63, 3.8) is 0 Å². The second kappa shape index (κ2) is 4.12. The van der Waals surface area contributed by atoms with Gasteiger partial charge in [-0.1, -0.05) is 12.2 Å². The van der Waals surface area contributed by atoms with Crippen LogP contribution >= 0.6 is 12.2 Å². The molecule has 0 radical (unpaired) electrons. The largest absolute Gasteiger partial charge is 0.481 e. The normalized spacial score (nSPS) is 19.3. The van der Waals surface area contributed by atoms with E-state index in [1.807, 2.05) is 0 Å². The number of carboxylic acid groups (broad SMARTS) is 1. The van der Waals surface area contributed by atoms with Gasteiger partial charge in [0.25, 0.3) is 0 Å². The quantitative estimate of drug-likeness (QED) is 0.688. The smallest absolute Gasteiger partial charge is 0.308 e. The molecule has 1 amide bonds. The van der Waals surface area contributed by atoms with Crippen molar-refractivity contribution in [2.24, 2.45) is 5.92 Å². The number of aliphatic carboxylic acids is 1. The van der Waals surface area contributed by atoms with Crippen molar-refractivity contribution in [3.05, 3.63) is 11.0 Å². The van der Waals surface area contributed by atoms with Crippen LogP contribution in [0.25, 0.3) is 11.2 Å². The molecule has 3 N–H and O–H groups in total. The first-order chi connectivity index (χ1) is 9.06. The van der Waals surface area contributed by atoms with Crippen LogP contribution in [-0.4, -0.2) is 43.5 Å². The second-order valence-corrected chi connectivity index (χ2v) is 4.62. The van der Waals surface area contributed by atoms with Crippen LogP contribution in [0, 0.1) is 10.6 Å². The molecule has 0 bridgehead atoms. The van der Waals surface area contributed by atoms with Gasteiger partial charge in [0.2, 0.25) is 11.9 Å². The highest BCUT2D eigenvalue weighted by molar-refractivity contribution is 7.71. The van der Waals surface area contributed by atoms with E-state index in [1.165, 1.54) is 11.2 Å². The van der Waals surface area contributed by atoms with Crippen molar-refractivity contribution >= 4 is 41.2 Å². The molecule has 2 aromatic rings. The highest BCUT2D eigenvalue weighted by Gasteiger charge is 2.36. The molecule has 1 aliphatic rings. The molecule has 2 aromatic heterocycles. The maximum Gasteiger partial charge on any atom is 0.308 e. The van der Waals surface area contributed by atoms with Crippen molar-refractivity contribution in [1.29, 1.82) is 0 Å². The molecule has 3 rings (SSSR count). The number of nitrogens with zero attached hydrogens (tertiary/aromatic N) is 3. The third-order valence-electron chi connectivity index (χ3n) is 3.02. The minimum Gasteiger partial charge on any atom is -0.481 e. The van der Waals surface area contributed by atoms with Crippen molar-refractivity contribution < 1.29 is 14.7 Å². The third-order valence-corrected chi connectivity index (χ3v) is 3.32. The lowest BCUT2D eigenvalue weighted by Crippen LogP contribution is -2.27. The number of imidazole rings is 1. The van der Waals surface area contributed by atoms with E-state index < -0.39 is 11.9 Å². The molecular weight excluding hydrogens is 270 g/mol. The summed E-state index contributed by atoms with van der Waals surface area (Å²) >= 11 is 5.09. The number of rotatable bonds is 2. The van der Waals surface area contributed by atoms with E-state index in [9.17, 15) is 9.59 Å². The highest BCUT2D eigenvalue weighted by Crippen LogP contribution is 2.23. The number of carboxylic acids is 1. The van der Waals surface area contributed by atoms with Crippen LogP contribution in [0.3, 0.4) is 0 Å². The standard InChI is InChI=1S/C10H9N5O3S/c16-5-1-4(9(17)18)2-15(5)10-13-7-6(8(19)14-10)11-3-12-7/h3-4H,1-2H2,(H,17,18)(H2,11,12,13,14,19). The number of hydrogen-bond donors (Lipinski definition) is 3. The van der Waals surface area contributed by atoms with Gasteiger partial charge in [0, 0.05) is 13.0 Å². The SMILES string of the molecule is O=C(O)C1CC(=O)N(c2nc(=S)c3[nH]cnc3[nH]2)C1. The summed E-state index contributed by atoms with van der Waals surface area (Å²) < 4.78 is 0.285. The molecule has 8 nitrogen and oxygen atoms in total. The number of amides is 1. The number of H-pyrrole nitrogens is 2. The molecule has 0 aromatic carbocycles. The van der Waals surface area contributed by atoms with Gasteiger partial charge in [-0.3, -0.25) is 14.5 Å². The lowest BCUT2D eigenvalue weighted by Gasteiger charge is -2.14. The Labute approximate surface area is 111 Å². The zero-order chi connectivity index (χ0) is 13.6. The van der Waals surface area contributed by atoms with E-state index in [-0.39, 0.29) is 29.5 Å². The summed E-state index contributed by atoms with van der Waals surface area (Å²) in [5.41, 5.74) is 1.07. The fourth-order valence-corrected chi connectivity index (χ4v) is 2.29. The summed E-state index contributed by atoms with van der Waals surface area (Å²) in [6.45, 7) is 0.0857. The maximum absolute atomic E-state index is 11.8. The number of nitrogens with one attached hydrogen (secondary N) is 2. The first kappa shape index (κ1) is 11.8. The van der Waals surface area contributed by atoms with E-state index >= 15 is 0 Å². The number of carbonyl (C=O) groups excluding carboxylic acids is 1. The van der Waals surface area contributed by atoms with E-state index in [0.717, 1.165) is 0 Å². The fraction of sp³-hybridized carbons (Fsp3) is 0.300. The van der Waals surface area contributed by atoms with Crippen LogP contribution in [0.1, 0.15) is 6.42 Å². The van der Waals surface area contributed by atoms with E-state index in [4.69, 9.17) is 17.3 Å². The Morgan fingerprint density at radius 2 is 2.37 bits per heavy atom. The van der Waals surface area contributed by atoms with Crippen molar-refractivity contribution in [2.45, 2.75) is 6.42 Å². The number of carbonyl (C=O) groups is 2. The molecule has 3 heterocycles. The van der Waals surface area contributed by atoms with Crippen LogP contribution in [0.2, 0.25) is 0 Å². The summed E-state index contributed by atoms with van der Waals surface area (Å²) in [7, 11) is 0. The number of hydrogen-bond acceptors (Lipinski definition) is 5. The predicted molar refractivity (Wildman–Crippen MR) is 67.2 cm³/mol. The Morgan fingerprint density at radius 1 is 1.58 bits per heavy atom. The van der Waals surface area contributed by atoms with Gasteiger partial charge in [-0.2, -0.15) is 0 Å². The molecule has 19 heavy (non-hydrogen) atoms. The van der Waals surface area contributed by atoms with Crippen molar-refractivity contribution in [3.8, 4) is 0 Å². The zero-order valence-electron chi connectivity index (χ0n) is 9.58. The number of anilines is 1. The van der Waals surface area contributed by atoms with Crippen LogP contribution in [0.5, 0.6) is 0 Å². The predicted octanol–water partition coefficient (Wildman–Crippen LogP) is 0.453. The number of aromatic nitrogens is 4. The minimum absolute atomic E-state index is 0.0315. The molecule has 0 spiro atoms. The van der Waals surface area contributed by atoms with Gasteiger partial charge in [-0.05, 0) is 0 Å². The van der Waals surface area contributed by atoms with Gasteiger partial charge in [0.15, 0.2) is 10.3 Å². The molecule has 1 unspecified atom stereocenters. The van der Waals surface area contributed by atoms with E-state index in [2.05, 4.69) is 19.9 Å². The van der Waals surface area contributed by atoms with Crippen LogP contribution in [0.4, 0.5) is 5.95 Å². The molecule has 1 fully saturated rings. The van der Waals surface area contributed by atoms with Gasteiger partial charge in [-0.15, -0.1) is 0 Å². The topological polar surface area (TPSA) is 115 Å². The molecule has 1 saturated heterocycles. The summed E-state index contributed by atoms with van der Waals surface area (Å²) in [4.78, 5) is 37.9. The average molecular weight is 279 g/mol. The molecule has 0 saturated carbocycles. The summed E-state index contributed by atoms with van der Waals surface area (Å²) in [6.07, 6.45) is 1.44. The average Bonchev–Trinajstić information content (AvgIpc) is 2.95. The summed E-state index contributed by atoms with van der Waals surface area (Å²) in [5, 5.41) is 8.94. The Bertz CT molecular complexity index is 736. The van der Waals surface area contributed by atoms with Gasteiger partial charge >= 0.3 is 5.97 Å². The van der Waals surface area contributed by atoms with Gasteiger partial charge in [0.1, 0.15) is 5.52 Å². The lowest BCUT2D eigenvalue weighted by atomic mass is 10.1. The Balaban J connectivity index is 2.03. The number of fused-ring (bicyclic) bond motifs is 1. The molecule has 0 aliphatic carbocycles. The molecule has 9 heteroatoms. The molecule has 1 aliphatic heterocycles. The second-order valence-electron chi connectivity index (χ2n) is 4.24. The minimum atomic E-state index is -0.990. The monoisotopic (exact) mass is 279 g/mol. The van der Waals surface area contributed by atoms with Gasteiger partial charge < -0.3 is 15.1 Å². The highest BCUT2D eigenvalue weighted by atomic mass is 32.1. The first-order valence-electron chi connectivity index (χ1n) is 5.53. The zero-order valence-corrected chi connectivity index (χ0v) is 10.4. The molecule has 98 valence electrons. The molecular formula is C10H9N5O3S. The van der Waals surface area contributed by atoms with Gasteiger partial charge in [0.05, 0.1) is 12.2 Å². The summed E-state index contributed by atoms with van der Waals surface area (Å²) in [5.74, 6) is -1.76. The fourth-order valence-electron chi connectivity index (χ4n) is 2.04.